The molecule has 20 heavy (non-hydrogen) atoms. The molecule has 0 heterocycles. The van der Waals surface area contributed by atoms with Crippen molar-refractivity contribution < 1.29 is 13.2 Å². The number of ether oxygens (including phenoxy) is 1. The molecule has 0 fully saturated rings. The van der Waals surface area contributed by atoms with E-state index in [0.717, 1.165) is 5.56 Å². The normalized spacial score (nSPS) is 12.2. The maximum atomic E-state index is 12.3. The van der Waals surface area contributed by atoms with Crippen molar-refractivity contribution in [1.82, 2.24) is 10.0 Å². The Morgan fingerprint density at radius 3 is 2.30 bits per heavy atom. The Kier molecular flexibility index (Phi) is 5.98. The second-order valence-electron chi connectivity index (χ2n) is 5.30. The number of hydrogen-bond acceptors (Lipinski definition) is 4. The van der Waals surface area contributed by atoms with Crippen molar-refractivity contribution in [2.24, 2.45) is 0 Å². The van der Waals surface area contributed by atoms with Gasteiger partial charge in [-0.1, -0.05) is 19.9 Å². The standard InChI is InChI=1S/C14H24N2O3S/c1-10(2)15-9-12-6-7-13(19-5)14(8-12)20(17,18)16-11(3)4/h6-8,10-11,15-16H,9H2,1-5H3. The Balaban J connectivity index is 3.12. The Bertz CT molecular complexity index is 539. The monoisotopic (exact) mass is 300 g/mol. The summed E-state index contributed by atoms with van der Waals surface area (Å²) in [4.78, 5) is 0.178. The molecule has 1 aromatic carbocycles. The fourth-order valence-corrected chi connectivity index (χ4v) is 3.21. The summed E-state index contributed by atoms with van der Waals surface area (Å²) in [7, 11) is -2.10. The Morgan fingerprint density at radius 2 is 1.80 bits per heavy atom. The summed E-state index contributed by atoms with van der Waals surface area (Å²) in [6, 6.07) is 5.38. The summed E-state index contributed by atoms with van der Waals surface area (Å²) >= 11 is 0. The van der Waals surface area contributed by atoms with Crippen molar-refractivity contribution in [2.75, 3.05) is 7.11 Å². The third kappa shape index (κ3) is 4.77. The van der Waals surface area contributed by atoms with Crippen LogP contribution < -0.4 is 14.8 Å². The van der Waals surface area contributed by atoms with E-state index in [9.17, 15) is 8.42 Å². The topological polar surface area (TPSA) is 67.4 Å². The number of methoxy groups -OCH3 is 1. The molecule has 0 spiro atoms. The molecule has 5 nitrogen and oxygen atoms in total. The zero-order valence-corrected chi connectivity index (χ0v) is 13.5. The molecular weight excluding hydrogens is 276 g/mol. The lowest BCUT2D eigenvalue weighted by atomic mass is 10.2. The average molecular weight is 300 g/mol. The quantitative estimate of drug-likeness (QED) is 0.807. The first kappa shape index (κ1) is 16.9. The van der Waals surface area contributed by atoms with E-state index in [-0.39, 0.29) is 10.9 Å². The number of rotatable bonds is 7. The summed E-state index contributed by atoms with van der Waals surface area (Å²) in [5.41, 5.74) is 0.906. The van der Waals surface area contributed by atoms with Gasteiger partial charge in [-0.2, -0.15) is 0 Å². The highest BCUT2D eigenvalue weighted by Gasteiger charge is 2.20. The van der Waals surface area contributed by atoms with E-state index in [1.165, 1.54) is 7.11 Å². The van der Waals surface area contributed by atoms with Gasteiger partial charge in [-0.3, -0.25) is 0 Å². The van der Waals surface area contributed by atoms with E-state index in [1.807, 2.05) is 19.9 Å². The first-order valence-corrected chi connectivity index (χ1v) is 8.17. The zero-order valence-electron chi connectivity index (χ0n) is 12.7. The van der Waals surface area contributed by atoms with Crippen LogP contribution in [0, 0.1) is 0 Å². The summed E-state index contributed by atoms with van der Waals surface area (Å²) in [5, 5.41) is 3.26. The summed E-state index contributed by atoms with van der Waals surface area (Å²) in [6.45, 7) is 8.28. The predicted molar refractivity (Wildman–Crippen MR) is 80.4 cm³/mol. The summed E-state index contributed by atoms with van der Waals surface area (Å²) < 4.78 is 32.3. The molecule has 0 aliphatic heterocycles. The lowest BCUT2D eigenvalue weighted by molar-refractivity contribution is 0.401. The largest absolute Gasteiger partial charge is 0.495 e. The van der Waals surface area contributed by atoms with E-state index in [0.29, 0.717) is 18.3 Å². The first-order valence-electron chi connectivity index (χ1n) is 6.69. The van der Waals surface area contributed by atoms with Crippen LogP contribution in [0.3, 0.4) is 0 Å². The molecular formula is C14H24N2O3S. The maximum absolute atomic E-state index is 12.3. The molecule has 2 N–H and O–H groups in total. The van der Waals surface area contributed by atoms with Crippen LogP contribution in [-0.4, -0.2) is 27.6 Å². The van der Waals surface area contributed by atoms with Crippen molar-refractivity contribution in [3.63, 3.8) is 0 Å². The van der Waals surface area contributed by atoms with Crippen LogP contribution in [0.25, 0.3) is 0 Å². The van der Waals surface area contributed by atoms with Crippen molar-refractivity contribution in [2.45, 2.75) is 51.2 Å². The average Bonchev–Trinajstić information content (AvgIpc) is 2.34. The molecule has 0 unspecified atom stereocenters. The summed E-state index contributed by atoms with van der Waals surface area (Å²) in [5.74, 6) is 0.353. The van der Waals surface area contributed by atoms with E-state index >= 15 is 0 Å². The van der Waals surface area contributed by atoms with E-state index in [2.05, 4.69) is 10.0 Å². The van der Waals surface area contributed by atoms with Gasteiger partial charge < -0.3 is 10.1 Å². The molecule has 1 rings (SSSR count). The van der Waals surface area contributed by atoms with E-state index in [1.54, 1.807) is 26.0 Å². The fraction of sp³-hybridized carbons (Fsp3) is 0.571. The van der Waals surface area contributed by atoms with Crippen LogP contribution in [0.5, 0.6) is 5.75 Å². The molecule has 0 bridgehead atoms. The van der Waals surface area contributed by atoms with Gasteiger partial charge in [0.2, 0.25) is 10.0 Å². The van der Waals surface area contributed by atoms with Gasteiger partial charge in [0.15, 0.2) is 0 Å². The SMILES string of the molecule is COc1ccc(CNC(C)C)cc1S(=O)(=O)NC(C)C. The lowest BCUT2D eigenvalue weighted by Gasteiger charge is -2.15. The molecule has 1 aromatic rings. The minimum Gasteiger partial charge on any atom is -0.495 e. The molecule has 0 amide bonds. The van der Waals surface area contributed by atoms with Crippen LogP contribution in [-0.2, 0) is 16.6 Å². The van der Waals surface area contributed by atoms with Crippen molar-refractivity contribution in [3.8, 4) is 5.75 Å². The second kappa shape index (κ2) is 7.06. The molecule has 0 aliphatic carbocycles. The maximum Gasteiger partial charge on any atom is 0.244 e. The third-order valence-corrected chi connectivity index (χ3v) is 4.30. The number of benzene rings is 1. The summed E-state index contributed by atoms with van der Waals surface area (Å²) in [6.07, 6.45) is 0. The number of nitrogens with one attached hydrogen (secondary N) is 2. The van der Waals surface area contributed by atoms with Gasteiger partial charge in [-0.05, 0) is 31.5 Å². The lowest BCUT2D eigenvalue weighted by Crippen LogP contribution is -2.30. The second-order valence-corrected chi connectivity index (χ2v) is 6.98. The number of hydrogen-bond donors (Lipinski definition) is 2. The van der Waals surface area contributed by atoms with Gasteiger partial charge >= 0.3 is 0 Å². The molecule has 114 valence electrons. The first-order chi connectivity index (χ1) is 9.26. The predicted octanol–water partition coefficient (Wildman–Crippen LogP) is 1.88. The molecule has 0 atom stereocenters. The van der Waals surface area contributed by atoms with Crippen LogP contribution in [0.2, 0.25) is 0 Å². The van der Waals surface area contributed by atoms with Gasteiger partial charge in [-0.15, -0.1) is 0 Å². The molecule has 6 heteroatoms. The van der Waals surface area contributed by atoms with Gasteiger partial charge in [-0.25, -0.2) is 13.1 Å². The number of sulfonamides is 1. The van der Waals surface area contributed by atoms with Gasteiger partial charge in [0.25, 0.3) is 0 Å². The Morgan fingerprint density at radius 1 is 1.15 bits per heavy atom. The highest BCUT2D eigenvalue weighted by atomic mass is 32.2. The Labute approximate surface area is 121 Å². The minimum atomic E-state index is -3.57. The molecule has 0 aromatic heterocycles. The zero-order chi connectivity index (χ0) is 15.3. The molecule has 0 saturated carbocycles. The molecule has 0 radical (unpaired) electrons. The van der Waals surface area contributed by atoms with Gasteiger partial charge in [0.1, 0.15) is 10.6 Å². The highest BCUT2D eigenvalue weighted by molar-refractivity contribution is 7.89. The smallest absolute Gasteiger partial charge is 0.244 e. The van der Waals surface area contributed by atoms with Crippen LogP contribution in [0.4, 0.5) is 0 Å². The third-order valence-electron chi connectivity index (χ3n) is 2.62. The minimum absolute atomic E-state index is 0.165. The van der Waals surface area contributed by atoms with E-state index in [4.69, 9.17) is 4.74 Å². The molecule has 0 aliphatic rings. The van der Waals surface area contributed by atoms with Crippen molar-refractivity contribution >= 4 is 10.0 Å². The van der Waals surface area contributed by atoms with Crippen LogP contribution >= 0.6 is 0 Å². The van der Waals surface area contributed by atoms with Gasteiger partial charge in [0, 0.05) is 18.6 Å². The van der Waals surface area contributed by atoms with E-state index < -0.39 is 10.0 Å². The van der Waals surface area contributed by atoms with Gasteiger partial charge in [0.05, 0.1) is 7.11 Å². The molecule has 0 saturated heterocycles. The van der Waals surface area contributed by atoms with Crippen LogP contribution in [0.1, 0.15) is 33.3 Å². The van der Waals surface area contributed by atoms with Crippen LogP contribution in [0.15, 0.2) is 23.1 Å². The van der Waals surface area contributed by atoms with Crippen molar-refractivity contribution in [3.05, 3.63) is 23.8 Å². The highest BCUT2D eigenvalue weighted by Crippen LogP contribution is 2.25. The fourth-order valence-electron chi connectivity index (χ4n) is 1.74. The van der Waals surface area contributed by atoms with Crippen molar-refractivity contribution in [1.29, 1.82) is 0 Å². The Hall–Kier alpha value is -1.11.